The molecule has 1 aliphatic rings. The first-order valence-corrected chi connectivity index (χ1v) is 6.42. The molecule has 2 atom stereocenters. The third-order valence-corrected chi connectivity index (χ3v) is 3.38. The van der Waals surface area contributed by atoms with Gasteiger partial charge in [-0.15, -0.1) is 0 Å². The van der Waals surface area contributed by atoms with Crippen molar-refractivity contribution in [2.24, 2.45) is 0 Å². The largest absolute Gasteiger partial charge is 0.399 e. The smallest absolute Gasteiger partial charge is 0.254 e. The lowest BCUT2D eigenvalue weighted by molar-refractivity contribution is 0.0682. The Kier molecular flexibility index (Phi) is 3.87. The van der Waals surface area contributed by atoms with Crippen LogP contribution in [0.1, 0.15) is 36.5 Å². The summed E-state index contributed by atoms with van der Waals surface area (Å²) in [6.07, 6.45) is 2.25. The average molecular weight is 248 g/mol. The summed E-state index contributed by atoms with van der Waals surface area (Å²) in [4.78, 5) is 14.2. The van der Waals surface area contributed by atoms with E-state index < -0.39 is 0 Å². The molecule has 1 heterocycles. The van der Waals surface area contributed by atoms with E-state index in [0.29, 0.717) is 17.7 Å². The van der Waals surface area contributed by atoms with E-state index in [9.17, 15) is 9.90 Å². The van der Waals surface area contributed by atoms with Gasteiger partial charge in [0.1, 0.15) is 0 Å². The van der Waals surface area contributed by atoms with Crippen LogP contribution in [0.15, 0.2) is 24.3 Å². The number of nitrogens with two attached hydrogens (primary N) is 1. The van der Waals surface area contributed by atoms with Crippen molar-refractivity contribution >= 4 is 11.6 Å². The Morgan fingerprint density at radius 1 is 1.61 bits per heavy atom. The molecular weight excluding hydrogens is 228 g/mol. The lowest BCUT2D eigenvalue weighted by Gasteiger charge is -2.25. The highest BCUT2D eigenvalue weighted by Gasteiger charge is 2.30. The van der Waals surface area contributed by atoms with Gasteiger partial charge in [0.25, 0.3) is 5.91 Å². The molecule has 1 fully saturated rings. The first-order chi connectivity index (χ1) is 8.58. The van der Waals surface area contributed by atoms with Crippen LogP contribution in [0.25, 0.3) is 0 Å². The van der Waals surface area contributed by atoms with Crippen molar-refractivity contribution in [3.05, 3.63) is 29.8 Å². The van der Waals surface area contributed by atoms with Crippen LogP contribution in [-0.2, 0) is 0 Å². The minimum Gasteiger partial charge on any atom is -0.399 e. The van der Waals surface area contributed by atoms with Crippen molar-refractivity contribution in [1.29, 1.82) is 0 Å². The first-order valence-electron chi connectivity index (χ1n) is 6.42. The molecule has 4 nitrogen and oxygen atoms in total. The molecule has 0 aliphatic carbocycles. The summed E-state index contributed by atoms with van der Waals surface area (Å²) in [7, 11) is 0. The highest BCUT2D eigenvalue weighted by molar-refractivity contribution is 5.95. The van der Waals surface area contributed by atoms with E-state index in [-0.39, 0.29) is 18.1 Å². The van der Waals surface area contributed by atoms with Gasteiger partial charge >= 0.3 is 0 Å². The van der Waals surface area contributed by atoms with Gasteiger partial charge in [-0.05, 0) is 44.4 Å². The first kappa shape index (κ1) is 12.9. The fourth-order valence-electron chi connectivity index (χ4n) is 2.58. The molecule has 0 saturated carbocycles. The van der Waals surface area contributed by atoms with Crippen molar-refractivity contribution in [2.75, 3.05) is 12.3 Å². The fourth-order valence-corrected chi connectivity index (χ4v) is 2.58. The topological polar surface area (TPSA) is 66.6 Å². The van der Waals surface area contributed by atoms with Gasteiger partial charge in [0.2, 0.25) is 0 Å². The van der Waals surface area contributed by atoms with E-state index in [2.05, 4.69) is 0 Å². The molecule has 1 amide bonds. The summed E-state index contributed by atoms with van der Waals surface area (Å²) in [5.41, 5.74) is 6.94. The molecule has 0 aromatic heterocycles. The zero-order valence-corrected chi connectivity index (χ0v) is 10.7. The van der Waals surface area contributed by atoms with Gasteiger partial charge in [-0.2, -0.15) is 0 Å². The maximum Gasteiger partial charge on any atom is 0.254 e. The molecule has 4 heteroatoms. The number of anilines is 1. The van der Waals surface area contributed by atoms with Gasteiger partial charge < -0.3 is 15.7 Å². The number of nitrogens with zero attached hydrogens (tertiary/aromatic N) is 1. The minimum atomic E-state index is -0.371. The fraction of sp³-hybridized carbons (Fsp3) is 0.500. The summed E-state index contributed by atoms with van der Waals surface area (Å²) in [5, 5.41) is 9.47. The zero-order chi connectivity index (χ0) is 13.1. The maximum absolute atomic E-state index is 12.4. The second-order valence-corrected chi connectivity index (χ2v) is 5.00. The minimum absolute atomic E-state index is 0.0189. The number of benzene rings is 1. The van der Waals surface area contributed by atoms with E-state index in [4.69, 9.17) is 5.73 Å². The van der Waals surface area contributed by atoms with Gasteiger partial charge in [-0.25, -0.2) is 0 Å². The van der Waals surface area contributed by atoms with E-state index in [1.807, 2.05) is 4.90 Å². The van der Waals surface area contributed by atoms with Gasteiger partial charge in [0.15, 0.2) is 0 Å². The van der Waals surface area contributed by atoms with Gasteiger partial charge in [-0.1, -0.05) is 6.07 Å². The van der Waals surface area contributed by atoms with Gasteiger partial charge in [0, 0.05) is 23.8 Å². The Bertz CT molecular complexity index is 432. The normalized spacial score (nSPS) is 21.0. The lowest BCUT2D eigenvalue weighted by atomic mass is 10.1. The van der Waals surface area contributed by atoms with E-state index in [1.54, 1.807) is 31.2 Å². The molecule has 1 saturated heterocycles. The Balaban J connectivity index is 2.12. The second kappa shape index (κ2) is 5.40. The van der Waals surface area contributed by atoms with Crippen LogP contribution in [0.5, 0.6) is 0 Å². The number of likely N-dealkylation sites (tertiary alicyclic amines) is 1. The van der Waals surface area contributed by atoms with Gasteiger partial charge in [-0.3, -0.25) is 4.79 Å². The molecule has 1 aromatic rings. The van der Waals surface area contributed by atoms with Crippen LogP contribution < -0.4 is 5.73 Å². The van der Waals surface area contributed by atoms with Gasteiger partial charge in [0.05, 0.1) is 6.10 Å². The molecular formula is C14H20N2O2. The van der Waals surface area contributed by atoms with Crippen LogP contribution in [0.3, 0.4) is 0 Å². The molecule has 98 valence electrons. The molecule has 3 N–H and O–H groups in total. The molecule has 2 unspecified atom stereocenters. The molecule has 0 bridgehead atoms. The molecule has 18 heavy (non-hydrogen) atoms. The van der Waals surface area contributed by atoms with Crippen LogP contribution in [0.2, 0.25) is 0 Å². The number of hydrogen-bond donors (Lipinski definition) is 2. The standard InChI is InChI=1S/C14H20N2O2/c1-10(17)8-13-6-3-7-16(13)14(18)11-4-2-5-12(15)9-11/h2,4-5,9-10,13,17H,3,6-8,15H2,1H3. The van der Waals surface area contributed by atoms with E-state index in [0.717, 1.165) is 19.4 Å². The van der Waals surface area contributed by atoms with Crippen molar-refractivity contribution in [3.63, 3.8) is 0 Å². The van der Waals surface area contributed by atoms with Crippen molar-refractivity contribution < 1.29 is 9.90 Å². The highest BCUT2D eigenvalue weighted by Crippen LogP contribution is 2.24. The quantitative estimate of drug-likeness (QED) is 0.799. The molecule has 1 aliphatic heterocycles. The summed E-state index contributed by atoms with van der Waals surface area (Å²) in [6, 6.07) is 7.21. The van der Waals surface area contributed by atoms with Crippen LogP contribution in [0, 0.1) is 0 Å². The van der Waals surface area contributed by atoms with Crippen molar-refractivity contribution in [1.82, 2.24) is 4.90 Å². The second-order valence-electron chi connectivity index (χ2n) is 5.00. The number of nitrogen functional groups attached to an aromatic ring is 1. The predicted octanol–water partition coefficient (Wildman–Crippen LogP) is 1.64. The molecule has 1 aromatic carbocycles. The summed E-state index contributed by atoms with van der Waals surface area (Å²) in [6.45, 7) is 2.53. The number of hydrogen-bond acceptors (Lipinski definition) is 3. The summed E-state index contributed by atoms with van der Waals surface area (Å²) < 4.78 is 0. The highest BCUT2D eigenvalue weighted by atomic mass is 16.3. The SMILES string of the molecule is CC(O)CC1CCCN1C(=O)c1cccc(N)c1. The molecule has 0 radical (unpaired) electrons. The Morgan fingerprint density at radius 2 is 2.39 bits per heavy atom. The summed E-state index contributed by atoms with van der Waals surface area (Å²) >= 11 is 0. The number of amides is 1. The molecule has 0 spiro atoms. The Morgan fingerprint density at radius 3 is 3.06 bits per heavy atom. The summed E-state index contributed by atoms with van der Waals surface area (Å²) in [5.74, 6) is 0.0189. The monoisotopic (exact) mass is 248 g/mol. The Hall–Kier alpha value is -1.55. The zero-order valence-electron chi connectivity index (χ0n) is 10.7. The number of carbonyl (C=O) groups is 1. The van der Waals surface area contributed by atoms with Crippen LogP contribution in [0.4, 0.5) is 5.69 Å². The number of rotatable bonds is 3. The Labute approximate surface area is 107 Å². The predicted molar refractivity (Wildman–Crippen MR) is 71.2 cm³/mol. The number of aliphatic hydroxyl groups excluding tert-OH is 1. The van der Waals surface area contributed by atoms with Crippen LogP contribution in [-0.4, -0.2) is 34.6 Å². The third kappa shape index (κ3) is 2.82. The van der Waals surface area contributed by atoms with Crippen molar-refractivity contribution in [3.8, 4) is 0 Å². The van der Waals surface area contributed by atoms with Crippen molar-refractivity contribution in [2.45, 2.75) is 38.3 Å². The van der Waals surface area contributed by atoms with E-state index in [1.165, 1.54) is 0 Å². The number of aliphatic hydroxyl groups is 1. The van der Waals surface area contributed by atoms with Crippen LogP contribution >= 0.6 is 0 Å². The number of carbonyl (C=O) groups excluding carboxylic acids is 1. The van der Waals surface area contributed by atoms with E-state index >= 15 is 0 Å². The lowest BCUT2D eigenvalue weighted by Crippen LogP contribution is -2.37. The third-order valence-electron chi connectivity index (χ3n) is 3.38. The molecule has 2 rings (SSSR count). The average Bonchev–Trinajstić information content (AvgIpc) is 2.75. The maximum atomic E-state index is 12.4.